The molecule has 0 aliphatic carbocycles. The number of furan rings is 1. The maximum atomic E-state index is 5.73. The van der Waals surface area contributed by atoms with Crippen molar-refractivity contribution >= 4 is 15.9 Å². The highest BCUT2D eigenvalue weighted by Crippen LogP contribution is 2.20. The van der Waals surface area contributed by atoms with Gasteiger partial charge in [0.1, 0.15) is 0 Å². The molecule has 1 aromatic heterocycles. The third-order valence-corrected chi connectivity index (χ3v) is 1.87. The third-order valence-electron chi connectivity index (χ3n) is 1.46. The molecule has 0 saturated heterocycles. The Balaban J connectivity index is 2.74. The van der Waals surface area contributed by atoms with Crippen LogP contribution in [0.15, 0.2) is 21.4 Å². The molecule has 10 heavy (non-hydrogen) atoms. The molecule has 2 nitrogen and oxygen atoms in total. The van der Waals surface area contributed by atoms with E-state index in [9.17, 15) is 0 Å². The zero-order chi connectivity index (χ0) is 7.56. The summed E-state index contributed by atoms with van der Waals surface area (Å²) in [5.41, 5.74) is 6.78. The highest BCUT2D eigenvalue weighted by atomic mass is 79.9. The summed E-state index contributed by atoms with van der Waals surface area (Å²) in [6.45, 7) is 2.05. The van der Waals surface area contributed by atoms with Crippen molar-refractivity contribution in [3.8, 4) is 0 Å². The second-order valence-corrected chi connectivity index (χ2v) is 2.98. The Kier molecular flexibility index (Phi) is 2.51. The van der Waals surface area contributed by atoms with Gasteiger partial charge in [0.05, 0.1) is 6.26 Å². The van der Waals surface area contributed by atoms with Crippen LogP contribution in [0.1, 0.15) is 24.9 Å². The van der Waals surface area contributed by atoms with Gasteiger partial charge in [-0.3, -0.25) is 0 Å². The molecule has 0 amide bonds. The summed E-state index contributed by atoms with van der Waals surface area (Å²) in [4.78, 5) is 0. The van der Waals surface area contributed by atoms with E-state index in [1.807, 2.05) is 13.0 Å². The molecule has 1 atom stereocenters. The molecular formula is C7H10BrNO. The van der Waals surface area contributed by atoms with Crippen molar-refractivity contribution < 1.29 is 4.42 Å². The second-order valence-electron chi connectivity index (χ2n) is 2.20. The predicted octanol–water partition coefficient (Wildman–Crippen LogP) is 2.45. The number of hydrogen-bond donors (Lipinski definition) is 1. The first-order valence-corrected chi connectivity index (χ1v) is 4.03. The highest BCUT2D eigenvalue weighted by Gasteiger charge is 2.05. The van der Waals surface area contributed by atoms with Crippen molar-refractivity contribution in [2.45, 2.75) is 19.4 Å². The van der Waals surface area contributed by atoms with Crippen molar-refractivity contribution in [2.75, 3.05) is 0 Å². The first-order chi connectivity index (χ1) is 4.74. The molecule has 0 aliphatic rings. The van der Waals surface area contributed by atoms with E-state index >= 15 is 0 Å². The van der Waals surface area contributed by atoms with Gasteiger partial charge in [-0.1, -0.05) is 6.92 Å². The van der Waals surface area contributed by atoms with Crippen molar-refractivity contribution in [1.29, 1.82) is 0 Å². The van der Waals surface area contributed by atoms with Gasteiger partial charge in [-0.2, -0.15) is 0 Å². The van der Waals surface area contributed by atoms with Crippen LogP contribution in [0, 0.1) is 0 Å². The number of nitrogens with two attached hydrogens (primary N) is 1. The van der Waals surface area contributed by atoms with Gasteiger partial charge in [-0.15, -0.1) is 0 Å². The van der Waals surface area contributed by atoms with Gasteiger partial charge in [-0.25, -0.2) is 0 Å². The van der Waals surface area contributed by atoms with Crippen molar-refractivity contribution in [1.82, 2.24) is 0 Å². The summed E-state index contributed by atoms with van der Waals surface area (Å²) >= 11 is 3.21. The van der Waals surface area contributed by atoms with E-state index in [-0.39, 0.29) is 6.04 Å². The Morgan fingerprint density at radius 3 is 2.90 bits per heavy atom. The summed E-state index contributed by atoms with van der Waals surface area (Å²) in [5, 5.41) is 0. The van der Waals surface area contributed by atoms with Gasteiger partial charge in [0.25, 0.3) is 0 Å². The SMILES string of the molecule is CCC(N)c1coc(Br)c1. The lowest BCUT2D eigenvalue weighted by Crippen LogP contribution is -2.06. The minimum atomic E-state index is 0.107. The van der Waals surface area contributed by atoms with Crippen molar-refractivity contribution in [3.63, 3.8) is 0 Å². The summed E-state index contributed by atoms with van der Waals surface area (Å²) in [5.74, 6) is 0. The molecule has 0 aromatic carbocycles. The van der Waals surface area contributed by atoms with E-state index in [2.05, 4.69) is 15.9 Å². The Labute approximate surface area is 68.5 Å². The summed E-state index contributed by atoms with van der Waals surface area (Å²) in [6.07, 6.45) is 2.62. The molecule has 1 aromatic rings. The molecule has 0 saturated carbocycles. The van der Waals surface area contributed by atoms with Crippen LogP contribution in [0.3, 0.4) is 0 Å². The molecule has 0 aliphatic heterocycles. The first-order valence-electron chi connectivity index (χ1n) is 3.23. The number of halogens is 1. The molecule has 3 heteroatoms. The van der Waals surface area contributed by atoms with Gasteiger partial charge in [0, 0.05) is 11.6 Å². The molecule has 0 spiro atoms. The average Bonchev–Trinajstić information content (AvgIpc) is 2.34. The van der Waals surface area contributed by atoms with Gasteiger partial charge in [-0.05, 0) is 28.4 Å². The molecule has 1 heterocycles. The second kappa shape index (κ2) is 3.21. The zero-order valence-corrected chi connectivity index (χ0v) is 7.39. The van der Waals surface area contributed by atoms with E-state index in [1.54, 1.807) is 6.26 Å². The lowest BCUT2D eigenvalue weighted by molar-refractivity contribution is 0.534. The lowest BCUT2D eigenvalue weighted by Gasteiger charge is -2.02. The average molecular weight is 204 g/mol. The van der Waals surface area contributed by atoms with Gasteiger partial charge >= 0.3 is 0 Å². The summed E-state index contributed by atoms with van der Waals surface area (Å²) in [7, 11) is 0. The smallest absolute Gasteiger partial charge is 0.169 e. The maximum absolute atomic E-state index is 5.73. The largest absolute Gasteiger partial charge is 0.457 e. The number of rotatable bonds is 2. The molecule has 1 rings (SSSR count). The van der Waals surface area contributed by atoms with Gasteiger partial charge in [0.2, 0.25) is 0 Å². The monoisotopic (exact) mass is 203 g/mol. The lowest BCUT2D eigenvalue weighted by atomic mass is 10.1. The predicted molar refractivity (Wildman–Crippen MR) is 43.6 cm³/mol. The van der Waals surface area contributed by atoms with Crippen LogP contribution in [0.25, 0.3) is 0 Å². The van der Waals surface area contributed by atoms with Crippen LogP contribution in [-0.2, 0) is 0 Å². The van der Waals surface area contributed by atoms with E-state index in [0.29, 0.717) is 0 Å². The van der Waals surface area contributed by atoms with Crippen LogP contribution < -0.4 is 5.73 Å². The summed E-state index contributed by atoms with van der Waals surface area (Å²) < 4.78 is 5.77. The van der Waals surface area contributed by atoms with Crippen molar-refractivity contribution in [3.05, 3.63) is 22.6 Å². The molecule has 0 radical (unpaired) electrons. The fourth-order valence-corrected chi connectivity index (χ4v) is 1.11. The first kappa shape index (κ1) is 7.82. The Hall–Kier alpha value is -0.280. The fraction of sp³-hybridized carbons (Fsp3) is 0.429. The van der Waals surface area contributed by atoms with Gasteiger partial charge in [0.15, 0.2) is 4.67 Å². The van der Waals surface area contributed by atoms with Crippen LogP contribution in [-0.4, -0.2) is 0 Å². The van der Waals surface area contributed by atoms with Crippen LogP contribution >= 0.6 is 15.9 Å². The minimum absolute atomic E-state index is 0.107. The highest BCUT2D eigenvalue weighted by molar-refractivity contribution is 9.10. The number of hydrogen-bond acceptors (Lipinski definition) is 2. The Morgan fingerprint density at radius 2 is 2.50 bits per heavy atom. The molecular weight excluding hydrogens is 194 g/mol. The maximum Gasteiger partial charge on any atom is 0.169 e. The van der Waals surface area contributed by atoms with Crippen LogP contribution in [0.4, 0.5) is 0 Å². The minimum Gasteiger partial charge on any atom is -0.457 e. The molecule has 56 valence electrons. The molecule has 0 fully saturated rings. The molecule has 1 unspecified atom stereocenters. The fourth-order valence-electron chi connectivity index (χ4n) is 0.754. The Bertz CT molecular complexity index is 209. The topological polar surface area (TPSA) is 39.2 Å². The van der Waals surface area contributed by atoms with Crippen molar-refractivity contribution in [2.24, 2.45) is 5.73 Å². The van der Waals surface area contributed by atoms with Gasteiger partial charge < -0.3 is 10.2 Å². The summed E-state index contributed by atoms with van der Waals surface area (Å²) in [6, 6.07) is 2.00. The zero-order valence-electron chi connectivity index (χ0n) is 5.80. The van der Waals surface area contributed by atoms with Crippen LogP contribution in [0.5, 0.6) is 0 Å². The van der Waals surface area contributed by atoms with E-state index in [4.69, 9.17) is 10.2 Å². The standard InChI is InChI=1S/C7H10BrNO/c1-2-6(9)5-3-7(8)10-4-5/h3-4,6H,2,9H2,1H3. The van der Waals surface area contributed by atoms with E-state index in [0.717, 1.165) is 16.7 Å². The third kappa shape index (κ3) is 1.61. The molecule has 2 N–H and O–H groups in total. The molecule has 0 bridgehead atoms. The quantitative estimate of drug-likeness (QED) is 0.803. The Morgan fingerprint density at radius 1 is 1.80 bits per heavy atom. The van der Waals surface area contributed by atoms with Crippen LogP contribution in [0.2, 0.25) is 0 Å². The normalized spacial score (nSPS) is 13.5. The van der Waals surface area contributed by atoms with E-state index in [1.165, 1.54) is 0 Å². The van der Waals surface area contributed by atoms with E-state index < -0.39 is 0 Å².